The molecule has 0 aromatic carbocycles. The highest BCUT2D eigenvalue weighted by atomic mass is 16.6. The molecule has 0 radical (unpaired) electrons. The maximum absolute atomic E-state index is 11.9. The Hall–Kier alpha value is -1.92. The molecule has 1 fully saturated rings. The molecule has 0 aromatic rings. The Balaban J connectivity index is 1.90. The van der Waals surface area contributed by atoms with E-state index in [1.807, 2.05) is 0 Å². The molecule has 0 saturated carbocycles. The van der Waals surface area contributed by atoms with Crippen LogP contribution >= 0.6 is 0 Å². The van der Waals surface area contributed by atoms with E-state index in [-0.39, 0.29) is 25.2 Å². The molecule has 0 aromatic heterocycles. The predicted molar refractivity (Wildman–Crippen MR) is 168 cm³/mol. The second-order valence-electron chi connectivity index (χ2n) is 11.8. The lowest BCUT2D eigenvalue weighted by atomic mass is 10.0. The molecule has 0 bridgehead atoms. The summed E-state index contributed by atoms with van der Waals surface area (Å²) >= 11 is 0. The number of hydrogen-bond donors (Lipinski definition) is 1. The van der Waals surface area contributed by atoms with Crippen LogP contribution in [0.3, 0.4) is 0 Å². The Labute approximate surface area is 251 Å². The Morgan fingerprint density at radius 3 is 1.98 bits per heavy atom. The Kier molecular flexibility index (Phi) is 23.3. The van der Waals surface area contributed by atoms with Crippen molar-refractivity contribution in [2.45, 2.75) is 155 Å². The van der Waals surface area contributed by atoms with Gasteiger partial charge >= 0.3 is 11.9 Å². The van der Waals surface area contributed by atoms with Crippen molar-refractivity contribution in [2.24, 2.45) is 5.92 Å². The molecule has 0 amide bonds. The third-order valence-electron chi connectivity index (χ3n) is 7.23. The highest BCUT2D eigenvalue weighted by molar-refractivity contribution is 5.69. The molecule has 6 nitrogen and oxygen atoms in total. The molecule has 6 heteroatoms. The lowest BCUT2D eigenvalue weighted by Crippen LogP contribution is -2.25. The van der Waals surface area contributed by atoms with Crippen LogP contribution in [0.4, 0.5) is 0 Å². The van der Waals surface area contributed by atoms with Gasteiger partial charge in [-0.1, -0.05) is 115 Å². The number of hydrogen-bond acceptors (Lipinski definition) is 6. The van der Waals surface area contributed by atoms with Crippen LogP contribution in [0.2, 0.25) is 0 Å². The van der Waals surface area contributed by atoms with E-state index in [9.17, 15) is 14.7 Å². The van der Waals surface area contributed by atoms with Crippen LogP contribution < -0.4 is 0 Å². The number of rotatable bonds is 27. The van der Waals surface area contributed by atoms with E-state index in [1.165, 1.54) is 51.4 Å². The second kappa shape index (κ2) is 25.8. The molecule has 236 valence electrons. The van der Waals surface area contributed by atoms with Crippen molar-refractivity contribution in [3.8, 4) is 0 Å². The van der Waals surface area contributed by atoms with Crippen LogP contribution in [0.5, 0.6) is 0 Å². The average molecular weight is 577 g/mol. The van der Waals surface area contributed by atoms with E-state index in [4.69, 9.17) is 14.2 Å². The maximum atomic E-state index is 11.9. The first-order valence-electron chi connectivity index (χ1n) is 16.5. The summed E-state index contributed by atoms with van der Waals surface area (Å²) in [7, 11) is 0. The van der Waals surface area contributed by atoms with Crippen LogP contribution in [0.15, 0.2) is 36.5 Å². The summed E-state index contributed by atoms with van der Waals surface area (Å²) in [6.07, 6.45) is 31.0. The van der Waals surface area contributed by atoms with Crippen LogP contribution in [-0.2, 0) is 23.8 Å². The van der Waals surface area contributed by atoms with Gasteiger partial charge in [0.1, 0.15) is 19.3 Å². The molecule has 1 aliphatic heterocycles. The first kappa shape index (κ1) is 37.1. The molecule has 1 heterocycles. The first-order valence-corrected chi connectivity index (χ1v) is 16.5. The van der Waals surface area contributed by atoms with Gasteiger partial charge in [0.05, 0.1) is 12.2 Å². The van der Waals surface area contributed by atoms with Gasteiger partial charge < -0.3 is 19.3 Å². The fraction of sp³-hybridized carbons (Fsp3) is 0.771. The smallest absolute Gasteiger partial charge is 0.305 e. The van der Waals surface area contributed by atoms with Crippen molar-refractivity contribution in [1.82, 2.24) is 0 Å². The predicted octanol–water partition coefficient (Wildman–Crippen LogP) is 8.57. The van der Waals surface area contributed by atoms with E-state index in [0.717, 1.165) is 50.9 Å². The van der Waals surface area contributed by atoms with Crippen LogP contribution in [0, 0.1) is 5.92 Å². The van der Waals surface area contributed by atoms with Gasteiger partial charge in [-0.2, -0.15) is 0 Å². The first-order chi connectivity index (χ1) is 19.9. The van der Waals surface area contributed by atoms with Crippen molar-refractivity contribution in [3.63, 3.8) is 0 Å². The third kappa shape index (κ3) is 24.4. The molecule has 1 saturated heterocycles. The lowest BCUT2D eigenvalue weighted by molar-refractivity contribution is -0.152. The SMILES string of the molecule is CCCCCC1OC1C/C=C\C/C=C\C/C=C\CCCC(=O)OC[C@@H](O)COC(=O)CCCCCCCCC(C)C. The monoisotopic (exact) mass is 576 g/mol. The number of unbranched alkanes of at least 4 members (excludes halogenated alkanes) is 8. The summed E-state index contributed by atoms with van der Waals surface area (Å²) in [5.74, 6) is 0.129. The lowest BCUT2D eigenvalue weighted by Gasteiger charge is -2.12. The second-order valence-corrected chi connectivity index (χ2v) is 11.8. The Morgan fingerprint density at radius 1 is 0.732 bits per heavy atom. The number of aliphatic hydroxyl groups excluding tert-OH is 1. The highest BCUT2D eigenvalue weighted by Crippen LogP contribution is 2.30. The van der Waals surface area contributed by atoms with Crippen molar-refractivity contribution >= 4 is 11.9 Å². The zero-order chi connectivity index (χ0) is 30.0. The standard InChI is InChI=1S/C35H60O6/c1-4-5-18-24-32-33(41-32)25-20-15-10-8-6-7-9-11-16-21-26-34(37)39-28-31(36)29-40-35(38)27-22-17-13-12-14-19-23-30(2)3/h6,8-9,11,15,20,30-33,36H,4-5,7,10,12-14,16-19,21-29H2,1-3H3/b8-6-,11-9-,20-15-/t31-,32?,33?/m1/s1. The van der Waals surface area contributed by atoms with E-state index in [2.05, 4.69) is 57.2 Å². The van der Waals surface area contributed by atoms with E-state index in [1.54, 1.807) is 0 Å². The molecule has 0 aliphatic carbocycles. The van der Waals surface area contributed by atoms with Crippen molar-refractivity contribution in [2.75, 3.05) is 13.2 Å². The molecule has 1 aliphatic rings. The van der Waals surface area contributed by atoms with Gasteiger partial charge in [-0.05, 0) is 50.9 Å². The number of epoxide rings is 1. The molecular formula is C35H60O6. The third-order valence-corrected chi connectivity index (χ3v) is 7.23. The minimum Gasteiger partial charge on any atom is -0.463 e. The minimum absolute atomic E-state index is 0.137. The number of allylic oxidation sites excluding steroid dienone is 5. The van der Waals surface area contributed by atoms with Gasteiger partial charge in [-0.3, -0.25) is 9.59 Å². The Morgan fingerprint density at radius 2 is 1.32 bits per heavy atom. The minimum atomic E-state index is -0.986. The van der Waals surface area contributed by atoms with Crippen molar-refractivity contribution in [3.05, 3.63) is 36.5 Å². The number of aliphatic hydroxyl groups is 1. The Bertz CT molecular complexity index is 741. The normalized spacial score (nSPS) is 17.7. The topological polar surface area (TPSA) is 85.4 Å². The highest BCUT2D eigenvalue weighted by Gasteiger charge is 2.36. The fourth-order valence-electron chi connectivity index (χ4n) is 4.59. The largest absolute Gasteiger partial charge is 0.463 e. The number of carbonyl (C=O) groups is 2. The quantitative estimate of drug-likeness (QED) is 0.0456. The van der Waals surface area contributed by atoms with Gasteiger partial charge in [0.25, 0.3) is 0 Å². The summed E-state index contributed by atoms with van der Waals surface area (Å²) in [6, 6.07) is 0. The number of carbonyl (C=O) groups excluding carboxylic acids is 2. The van der Waals surface area contributed by atoms with Gasteiger partial charge in [-0.25, -0.2) is 0 Å². The number of esters is 2. The summed E-state index contributed by atoms with van der Waals surface area (Å²) < 4.78 is 15.9. The summed E-state index contributed by atoms with van der Waals surface area (Å²) in [4.78, 5) is 23.7. The fourth-order valence-corrected chi connectivity index (χ4v) is 4.59. The zero-order valence-corrected chi connectivity index (χ0v) is 26.4. The van der Waals surface area contributed by atoms with E-state index in [0.29, 0.717) is 31.5 Å². The zero-order valence-electron chi connectivity index (χ0n) is 26.4. The molecule has 41 heavy (non-hydrogen) atoms. The average Bonchev–Trinajstić information content (AvgIpc) is 3.70. The summed E-state index contributed by atoms with van der Waals surface area (Å²) in [6.45, 7) is 6.45. The van der Waals surface area contributed by atoms with Crippen molar-refractivity contribution in [1.29, 1.82) is 0 Å². The van der Waals surface area contributed by atoms with Gasteiger partial charge in [0.2, 0.25) is 0 Å². The van der Waals surface area contributed by atoms with Crippen LogP contribution in [0.1, 0.15) is 136 Å². The van der Waals surface area contributed by atoms with E-state index >= 15 is 0 Å². The molecule has 1 N–H and O–H groups in total. The van der Waals surface area contributed by atoms with Gasteiger partial charge in [0, 0.05) is 12.8 Å². The molecule has 3 atom stereocenters. The molecule has 0 spiro atoms. The van der Waals surface area contributed by atoms with Crippen LogP contribution in [-0.4, -0.2) is 48.6 Å². The molecular weight excluding hydrogens is 516 g/mol. The van der Waals surface area contributed by atoms with E-state index < -0.39 is 6.10 Å². The van der Waals surface area contributed by atoms with Crippen molar-refractivity contribution < 1.29 is 28.9 Å². The number of ether oxygens (including phenoxy) is 3. The summed E-state index contributed by atoms with van der Waals surface area (Å²) in [5, 5.41) is 9.93. The van der Waals surface area contributed by atoms with Crippen LogP contribution in [0.25, 0.3) is 0 Å². The molecule has 2 unspecified atom stereocenters. The maximum Gasteiger partial charge on any atom is 0.305 e. The van der Waals surface area contributed by atoms with Gasteiger partial charge in [0.15, 0.2) is 0 Å². The van der Waals surface area contributed by atoms with Gasteiger partial charge in [-0.15, -0.1) is 0 Å². The summed E-state index contributed by atoms with van der Waals surface area (Å²) in [5.41, 5.74) is 0. The molecule has 1 rings (SSSR count).